The summed E-state index contributed by atoms with van der Waals surface area (Å²) in [5.41, 5.74) is 12.7. The van der Waals surface area contributed by atoms with Crippen LogP contribution >= 0.6 is 0 Å². The first-order valence-corrected chi connectivity index (χ1v) is 17.0. The molecule has 0 aromatic heterocycles. The molecule has 5 amide bonds. The van der Waals surface area contributed by atoms with Crippen LogP contribution in [0.4, 0.5) is 9.59 Å². The third kappa shape index (κ3) is 17.8. The third-order valence-corrected chi connectivity index (χ3v) is 7.53. The van der Waals surface area contributed by atoms with Crippen LogP contribution in [0.15, 0.2) is 60.7 Å². The molecule has 16 nitrogen and oxygen atoms in total. The largest absolute Gasteiger partial charge is 0.480 e. The number of carboxylic acids is 1. The number of carboxylic acid groups (broad SMARTS) is 1. The second-order valence-electron chi connectivity index (χ2n) is 11.8. The fraction of sp³-hybridized carbons (Fsp3) is 0.486. The van der Waals surface area contributed by atoms with E-state index < -0.39 is 60.5 Å². The molecule has 0 aliphatic rings. The second-order valence-corrected chi connectivity index (χ2v) is 11.8. The number of amides is 5. The minimum Gasteiger partial charge on any atom is -0.480 e. The summed E-state index contributed by atoms with van der Waals surface area (Å²) in [6.07, 6.45) is 0.571. The first-order chi connectivity index (χ1) is 24.5. The van der Waals surface area contributed by atoms with Crippen molar-refractivity contribution < 1.29 is 43.3 Å². The van der Waals surface area contributed by atoms with Crippen LogP contribution in [0.2, 0.25) is 0 Å². The summed E-state index contributed by atoms with van der Waals surface area (Å²) in [7, 11) is 0. The van der Waals surface area contributed by atoms with Crippen LogP contribution in [0.3, 0.4) is 0 Å². The Morgan fingerprint density at radius 1 is 0.745 bits per heavy atom. The van der Waals surface area contributed by atoms with Gasteiger partial charge in [-0.25, -0.2) is 14.4 Å². The standard InChI is InChI=1S/C35H51N7O9/c1-25(37)31(44)38-20-21-42(22-30(43)40-29(33(46)47)17-8-10-18-36)32(45)28(41-35(49)51-24-27-14-6-3-7-15-27)16-9-11-19-39-34(48)50-23-26-12-4-2-5-13-26/h2-7,12-15,25,28-29H,8-11,16-24,36-37H2,1H3,(H,38,44)(H,39,48)(H,40,43)(H,41,49)(H,46,47)/t25-,28-,29-/m0/s1. The van der Waals surface area contributed by atoms with E-state index in [0.29, 0.717) is 32.2 Å². The first kappa shape index (κ1) is 41.9. The van der Waals surface area contributed by atoms with Gasteiger partial charge in [-0.1, -0.05) is 60.7 Å². The number of alkyl carbamates (subject to hydrolysis) is 2. The number of ether oxygens (including phenoxy) is 2. The normalized spacial score (nSPS) is 12.4. The Morgan fingerprint density at radius 3 is 1.88 bits per heavy atom. The van der Waals surface area contributed by atoms with E-state index in [0.717, 1.165) is 16.0 Å². The van der Waals surface area contributed by atoms with Gasteiger partial charge in [0.05, 0.1) is 12.6 Å². The Morgan fingerprint density at radius 2 is 1.31 bits per heavy atom. The third-order valence-electron chi connectivity index (χ3n) is 7.53. The lowest BCUT2D eigenvalue weighted by Gasteiger charge is -2.28. The van der Waals surface area contributed by atoms with Crippen molar-refractivity contribution in [1.82, 2.24) is 26.2 Å². The van der Waals surface area contributed by atoms with E-state index in [2.05, 4.69) is 21.3 Å². The molecule has 16 heteroatoms. The van der Waals surface area contributed by atoms with E-state index in [4.69, 9.17) is 20.9 Å². The molecule has 51 heavy (non-hydrogen) atoms. The van der Waals surface area contributed by atoms with Crippen LogP contribution < -0.4 is 32.7 Å². The highest BCUT2D eigenvalue weighted by atomic mass is 16.6. The lowest BCUT2D eigenvalue weighted by molar-refractivity contribution is -0.143. The number of hydrogen-bond donors (Lipinski definition) is 7. The van der Waals surface area contributed by atoms with Gasteiger partial charge in [-0.2, -0.15) is 0 Å². The molecular weight excluding hydrogens is 662 g/mol. The predicted molar refractivity (Wildman–Crippen MR) is 188 cm³/mol. The number of hydrogen-bond acceptors (Lipinski definition) is 10. The highest BCUT2D eigenvalue weighted by Crippen LogP contribution is 2.09. The zero-order chi connectivity index (χ0) is 37.4. The van der Waals surface area contributed by atoms with Crippen LogP contribution in [0.1, 0.15) is 56.6 Å². The summed E-state index contributed by atoms with van der Waals surface area (Å²) in [5, 5.41) is 19.9. The molecule has 2 rings (SSSR count). The second kappa shape index (κ2) is 24.0. The molecule has 0 unspecified atom stereocenters. The SMILES string of the molecule is C[C@H](N)C(=O)NCCN(CC(=O)N[C@@H](CCCCN)C(=O)O)C(=O)[C@H](CCCCNC(=O)OCc1ccccc1)NC(=O)OCc1ccccc1. The van der Waals surface area contributed by atoms with Crippen molar-refractivity contribution in [1.29, 1.82) is 0 Å². The molecule has 9 N–H and O–H groups in total. The molecule has 0 radical (unpaired) electrons. The summed E-state index contributed by atoms with van der Waals surface area (Å²) >= 11 is 0. The quantitative estimate of drug-likeness (QED) is 0.0811. The number of nitrogens with zero attached hydrogens (tertiary/aromatic N) is 1. The molecule has 280 valence electrons. The van der Waals surface area contributed by atoms with Gasteiger partial charge in [0.2, 0.25) is 17.7 Å². The molecule has 0 fully saturated rings. The Bertz CT molecular complexity index is 1380. The van der Waals surface area contributed by atoms with E-state index in [-0.39, 0.29) is 45.7 Å². The van der Waals surface area contributed by atoms with Crippen molar-refractivity contribution >= 4 is 35.9 Å². The van der Waals surface area contributed by atoms with Gasteiger partial charge in [0.1, 0.15) is 25.3 Å². The maximum atomic E-state index is 13.9. The molecule has 0 heterocycles. The van der Waals surface area contributed by atoms with Crippen molar-refractivity contribution in [2.45, 2.75) is 76.8 Å². The summed E-state index contributed by atoms with van der Waals surface area (Å²) in [6.45, 7) is 1.35. The highest BCUT2D eigenvalue weighted by Gasteiger charge is 2.29. The Balaban J connectivity index is 2.11. The lowest BCUT2D eigenvalue weighted by atomic mass is 10.1. The van der Waals surface area contributed by atoms with E-state index >= 15 is 0 Å². The molecular formula is C35H51N7O9. The van der Waals surface area contributed by atoms with Gasteiger partial charge >= 0.3 is 18.2 Å². The van der Waals surface area contributed by atoms with Crippen LogP contribution in [0.25, 0.3) is 0 Å². The average molecular weight is 714 g/mol. The van der Waals surface area contributed by atoms with Gasteiger partial charge in [-0.3, -0.25) is 14.4 Å². The Labute approximate surface area is 298 Å². The number of carbonyl (C=O) groups excluding carboxylic acids is 5. The molecule has 2 aromatic carbocycles. The number of nitrogens with two attached hydrogens (primary N) is 2. The molecule has 0 bridgehead atoms. The monoisotopic (exact) mass is 713 g/mol. The zero-order valence-electron chi connectivity index (χ0n) is 29.0. The van der Waals surface area contributed by atoms with E-state index in [9.17, 15) is 33.9 Å². The van der Waals surface area contributed by atoms with Gasteiger partial charge in [-0.05, 0) is 63.1 Å². The molecule has 0 aliphatic carbocycles. The molecule has 0 saturated heterocycles. The average Bonchev–Trinajstić information content (AvgIpc) is 3.12. The number of rotatable bonds is 23. The summed E-state index contributed by atoms with van der Waals surface area (Å²) < 4.78 is 10.6. The molecule has 0 spiro atoms. The fourth-order valence-electron chi connectivity index (χ4n) is 4.73. The maximum Gasteiger partial charge on any atom is 0.408 e. The van der Waals surface area contributed by atoms with Crippen molar-refractivity contribution in [2.75, 3.05) is 32.7 Å². The number of unbranched alkanes of at least 4 members (excludes halogenated alkanes) is 2. The summed E-state index contributed by atoms with van der Waals surface area (Å²) in [4.78, 5) is 77.0. The summed E-state index contributed by atoms with van der Waals surface area (Å²) in [6, 6.07) is 14.9. The van der Waals surface area contributed by atoms with E-state index in [1.807, 2.05) is 36.4 Å². The van der Waals surface area contributed by atoms with Gasteiger partial charge in [0, 0.05) is 19.6 Å². The van der Waals surface area contributed by atoms with Crippen molar-refractivity contribution in [3.05, 3.63) is 71.8 Å². The van der Waals surface area contributed by atoms with Gasteiger partial charge < -0.3 is 52.2 Å². The van der Waals surface area contributed by atoms with Crippen LogP contribution in [-0.2, 0) is 41.9 Å². The van der Waals surface area contributed by atoms with Gasteiger partial charge in [-0.15, -0.1) is 0 Å². The smallest absolute Gasteiger partial charge is 0.408 e. The van der Waals surface area contributed by atoms with Crippen molar-refractivity contribution in [2.24, 2.45) is 11.5 Å². The predicted octanol–water partition coefficient (Wildman–Crippen LogP) is 1.37. The molecule has 0 saturated carbocycles. The summed E-state index contributed by atoms with van der Waals surface area (Å²) in [5.74, 6) is -3.12. The zero-order valence-corrected chi connectivity index (χ0v) is 29.0. The number of carbonyl (C=O) groups is 6. The molecule has 3 atom stereocenters. The highest BCUT2D eigenvalue weighted by molar-refractivity contribution is 5.91. The van der Waals surface area contributed by atoms with Crippen molar-refractivity contribution in [3.8, 4) is 0 Å². The Hall–Kier alpha value is -5.22. The Kier molecular flexibility index (Phi) is 19.8. The molecule has 2 aromatic rings. The van der Waals surface area contributed by atoms with Crippen LogP contribution in [0, 0.1) is 0 Å². The van der Waals surface area contributed by atoms with Crippen LogP contribution in [0.5, 0.6) is 0 Å². The fourth-order valence-corrected chi connectivity index (χ4v) is 4.73. The topological polar surface area (TPSA) is 245 Å². The maximum absolute atomic E-state index is 13.9. The lowest BCUT2D eigenvalue weighted by Crippen LogP contribution is -2.54. The number of aliphatic carboxylic acids is 1. The number of nitrogens with one attached hydrogen (secondary N) is 4. The number of benzene rings is 2. The molecule has 0 aliphatic heterocycles. The van der Waals surface area contributed by atoms with E-state index in [1.54, 1.807) is 24.3 Å². The minimum absolute atomic E-state index is 0.0568. The minimum atomic E-state index is -1.24. The van der Waals surface area contributed by atoms with Crippen molar-refractivity contribution in [3.63, 3.8) is 0 Å². The first-order valence-electron chi connectivity index (χ1n) is 17.0. The van der Waals surface area contributed by atoms with Gasteiger partial charge in [0.25, 0.3) is 0 Å². The van der Waals surface area contributed by atoms with E-state index in [1.165, 1.54) is 6.92 Å². The van der Waals surface area contributed by atoms with Gasteiger partial charge in [0.15, 0.2) is 0 Å². The van der Waals surface area contributed by atoms with Crippen LogP contribution in [-0.4, -0.2) is 96.7 Å².